The lowest BCUT2D eigenvalue weighted by atomic mass is 10.0. The van der Waals surface area contributed by atoms with Gasteiger partial charge in [0.05, 0.1) is 26.8 Å². The molecule has 0 aliphatic carbocycles. The highest BCUT2D eigenvalue weighted by Gasteiger charge is 2.16. The van der Waals surface area contributed by atoms with E-state index in [4.69, 9.17) is 23.2 Å². The van der Waals surface area contributed by atoms with Gasteiger partial charge in [0.1, 0.15) is 11.6 Å². The number of nitrogens with zero attached hydrogens (tertiary/aromatic N) is 2. The van der Waals surface area contributed by atoms with Crippen LogP contribution in [0.1, 0.15) is 0 Å². The molecule has 0 unspecified atom stereocenters. The maximum atomic E-state index is 13.3. The van der Waals surface area contributed by atoms with Crippen molar-refractivity contribution in [3.63, 3.8) is 0 Å². The molecule has 4 aromatic rings. The van der Waals surface area contributed by atoms with Crippen molar-refractivity contribution < 1.29 is 8.78 Å². The third kappa shape index (κ3) is 3.20. The van der Waals surface area contributed by atoms with E-state index in [0.717, 1.165) is 4.68 Å². The summed E-state index contributed by atoms with van der Waals surface area (Å²) in [6.07, 6.45) is 0. The number of aromatic nitrogens is 2. The molecule has 0 saturated heterocycles. The largest absolute Gasteiger partial charge is 0.279 e. The molecule has 0 radical (unpaired) electrons. The summed E-state index contributed by atoms with van der Waals surface area (Å²) in [6.45, 7) is 0. The Kier molecular flexibility index (Phi) is 4.42. The van der Waals surface area contributed by atoms with Crippen LogP contribution in [0.5, 0.6) is 0 Å². The van der Waals surface area contributed by atoms with Gasteiger partial charge in [-0.15, -0.1) is 0 Å². The second kappa shape index (κ2) is 6.76. The predicted octanol–water partition coefficient (Wildman–Crippen LogP) is 5.64. The summed E-state index contributed by atoms with van der Waals surface area (Å²) in [5.74, 6) is -0.822. The zero-order chi connectivity index (χ0) is 19.1. The number of fused-ring (bicyclic) bond motifs is 1. The van der Waals surface area contributed by atoms with Gasteiger partial charge in [-0.3, -0.25) is 4.79 Å². The molecule has 4 rings (SSSR count). The van der Waals surface area contributed by atoms with Crippen molar-refractivity contribution in [1.82, 2.24) is 9.78 Å². The zero-order valence-electron chi connectivity index (χ0n) is 13.6. The van der Waals surface area contributed by atoms with Gasteiger partial charge >= 0.3 is 0 Å². The van der Waals surface area contributed by atoms with Crippen LogP contribution in [-0.2, 0) is 0 Å². The summed E-state index contributed by atoms with van der Waals surface area (Å²) < 4.78 is 27.7. The summed E-state index contributed by atoms with van der Waals surface area (Å²) in [4.78, 5) is 13.0. The molecule has 0 saturated carbocycles. The Balaban J connectivity index is 2.10. The first-order valence-corrected chi connectivity index (χ1v) is 8.63. The third-order valence-electron chi connectivity index (χ3n) is 4.13. The van der Waals surface area contributed by atoms with E-state index < -0.39 is 17.2 Å². The van der Waals surface area contributed by atoms with E-state index >= 15 is 0 Å². The molecule has 1 heterocycles. The summed E-state index contributed by atoms with van der Waals surface area (Å²) in [5, 5.41) is 5.71. The van der Waals surface area contributed by atoms with E-state index in [-0.39, 0.29) is 10.0 Å². The average molecular weight is 403 g/mol. The van der Waals surface area contributed by atoms with Crippen LogP contribution < -0.4 is 5.56 Å². The van der Waals surface area contributed by atoms with Crippen molar-refractivity contribution in [1.29, 1.82) is 0 Å². The molecule has 7 heteroatoms. The number of benzene rings is 3. The molecule has 0 fully saturated rings. The van der Waals surface area contributed by atoms with Crippen LogP contribution in [0.4, 0.5) is 8.78 Å². The molecule has 27 heavy (non-hydrogen) atoms. The Morgan fingerprint density at radius 3 is 1.89 bits per heavy atom. The van der Waals surface area contributed by atoms with Crippen LogP contribution in [0.15, 0.2) is 65.5 Å². The summed E-state index contributed by atoms with van der Waals surface area (Å²) in [6, 6.07) is 14.1. The van der Waals surface area contributed by atoms with E-state index in [1.54, 1.807) is 18.2 Å². The van der Waals surface area contributed by atoms with Crippen molar-refractivity contribution >= 4 is 34.0 Å². The Hall–Kier alpha value is -2.76. The van der Waals surface area contributed by atoms with E-state index in [0.29, 0.717) is 27.7 Å². The maximum absolute atomic E-state index is 13.3. The Morgan fingerprint density at radius 2 is 1.30 bits per heavy atom. The van der Waals surface area contributed by atoms with Gasteiger partial charge in [-0.2, -0.15) is 9.78 Å². The van der Waals surface area contributed by atoms with Crippen LogP contribution in [-0.4, -0.2) is 9.78 Å². The number of rotatable bonds is 2. The topological polar surface area (TPSA) is 34.9 Å². The first-order chi connectivity index (χ1) is 12.9. The summed E-state index contributed by atoms with van der Waals surface area (Å²) in [7, 11) is 0. The van der Waals surface area contributed by atoms with Gasteiger partial charge in [-0.25, -0.2) is 8.78 Å². The van der Waals surface area contributed by atoms with Crippen molar-refractivity contribution in [2.24, 2.45) is 0 Å². The highest BCUT2D eigenvalue weighted by molar-refractivity contribution is 6.43. The van der Waals surface area contributed by atoms with Gasteiger partial charge in [-0.1, -0.05) is 23.2 Å². The van der Waals surface area contributed by atoms with Gasteiger partial charge in [0, 0.05) is 10.9 Å². The van der Waals surface area contributed by atoms with Gasteiger partial charge in [0.25, 0.3) is 5.56 Å². The normalized spacial score (nSPS) is 11.1. The highest BCUT2D eigenvalue weighted by atomic mass is 35.5. The van der Waals surface area contributed by atoms with Crippen molar-refractivity contribution in [3.8, 4) is 16.9 Å². The second-order valence-electron chi connectivity index (χ2n) is 5.86. The SMILES string of the molecule is O=c1c2cc(Cl)c(Cl)cc2c(-c2ccc(F)cc2)nn1-c1ccc(F)cc1. The fourth-order valence-corrected chi connectivity index (χ4v) is 3.14. The summed E-state index contributed by atoms with van der Waals surface area (Å²) in [5.41, 5.74) is 0.974. The molecule has 134 valence electrons. The minimum absolute atomic E-state index is 0.225. The Morgan fingerprint density at radius 1 is 0.778 bits per heavy atom. The molecular formula is C20H10Cl2F2N2O. The molecule has 0 amide bonds. The molecule has 0 N–H and O–H groups in total. The number of halogens is 4. The van der Waals surface area contributed by atoms with Gasteiger partial charge in [0.15, 0.2) is 0 Å². The maximum Gasteiger partial charge on any atom is 0.279 e. The van der Waals surface area contributed by atoms with Gasteiger partial charge in [-0.05, 0) is 60.7 Å². The molecule has 0 aliphatic heterocycles. The smallest absolute Gasteiger partial charge is 0.267 e. The van der Waals surface area contributed by atoms with E-state index in [1.165, 1.54) is 42.5 Å². The molecule has 3 nitrogen and oxygen atoms in total. The third-order valence-corrected chi connectivity index (χ3v) is 4.85. The van der Waals surface area contributed by atoms with E-state index in [2.05, 4.69) is 5.10 Å². The van der Waals surface area contributed by atoms with Crippen LogP contribution in [0.2, 0.25) is 10.0 Å². The Bertz CT molecular complexity index is 1220. The highest BCUT2D eigenvalue weighted by Crippen LogP contribution is 2.32. The standard InChI is InChI=1S/C20H10Cl2F2N2O/c21-17-9-15-16(10-18(17)22)20(27)26(14-7-5-13(24)6-8-14)25-19(15)11-1-3-12(23)4-2-11/h1-10H. The predicted molar refractivity (Wildman–Crippen MR) is 103 cm³/mol. The van der Waals surface area contributed by atoms with Crippen LogP contribution in [0.3, 0.4) is 0 Å². The zero-order valence-corrected chi connectivity index (χ0v) is 15.1. The molecule has 1 aromatic heterocycles. The van der Waals surface area contributed by atoms with Crippen molar-refractivity contribution in [2.45, 2.75) is 0 Å². The van der Waals surface area contributed by atoms with E-state index in [1.807, 2.05) is 0 Å². The average Bonchev–Trinajstić information content (AvgIpc) is 2.66. The molecule has 0 spiro atoms. The molecule has 0 aliphatic rings. The first kappa shape index (κ1) is 17.6. The van der Waals surface area contributed by atoms with Crippen LogP contribution >= 0.6 is 23.2 Å². The minimum Gasteiger partial charge on any atom is -0.267 e. The first-order valence-electron chi connectivity index (χ1n) is 7.88. The fraction of sp³-hybridized carbons (Fsp3) is 0. The van der Waals surface area contributed by atoms with Crippen LogP contribution in [0.25, 0.3) is 27.7 Å². The lowest BCUT2D eigenvalue weighted by Crippen LogP contribution is -2.22. The summed E-state index contributed by atoms with van der Waals surface area (Å²) >= 11 is 12.2. The van der Waals surface area contributed by atoms with E-state index in [9.17, 15) is 13.6 Å². The Labute approximate surface area is 162 Å². The van der Waals surface area contributed by atoms with Crippen LogP contribution in [0, 0.1) is 11.6 Å². The lowest BCUT2D eigenvalue weighted by molar-refractivity contribution is 0.626. The fourth-order valence-electron chi connectivity index (χ4n) is 2.81. The van der Waals surface area contributed by atoms with Crippen molar-refractivity contribution in [3.05, 3.63) is 92.7 Å². The number of hydrogen-bond acceptors (Lipinski definition) is 2. The number of hydrogen-bond donors (Lipinski definition) is 0. The second-order valence-corrected chi connectivity index (χ2v) is 6.68. The monoisotopic (exact) mass is 402 g/mol. The van der Waals surface area contributed by atoms with Gasteiger partial charge < -0.3 is 0 Å². The molecule has 3 aromatic carbocycles. The lowest BCUT2D eigenvalue weighted by Gasteiger charge is -2.12. The van der Waals surface area contributed by atoms with Crippen molar-refractivity contribution in [2.75, 3.05) is 0 Å². The molecule has 0 bridgehead atoms. The molecule has 0 atom stereocenters. The van der Waals surface area contributed by atoms with Gasteiger partial charge in [0.2, 0.25) is 0 Å². The molecular weight excluding hydrogens is 393 g/mol. The quantitative estimate of drug-likeness (QED) is 0.434. The minimum atomic E-state index is -0.430.